The molecule has 0 aliphatic carbocycles. The van der Waals surface area contributed by atoms with Gasteiger partial charge < -0.3 is 9.57 Å². The van der Waals surface area contributed by atoms with E-state index in [2.05, 4.69) is 35.0 Å². The Morgan fingerprint density at radius 2 is 1.94 bits per heavy atom. The first-order valence-corrected chi connectivity index (χ1v) is 12.2. The highest BCUT2D eigenvalue weighted by Crippen LogP contribution is 2.21. The zero-order valence-electron chi connectivity index (χ0n) is 19.3. The Balaban J connectivity index is 2.16. The molecule has 1 aromatic heterocycles. The van der Waals surface area contributed by atoms with Crippen LogP contribution in [0.25, 0.3) is 17.2 Å². The van der Waals surface area contributed by atoms with Crippen LogP contribution in [0.2, 0.25) is 0 Å². The monoisotopic (exact) mass is 489 g/mol. The van der Waals surface area contributed by atoms with Gasteiger partial charge in [0.2, 0.25) is 0 Å². The van der Waals surface area contributed by atoms with E-state index < -0.39 is 0 Å². The average molecular weight is 490 g/mol. The molecule has 0 bridgehead atoms. The van der Waals surface area contributed by atoms with E-state index in [9.17, 15) is 4.79 Å². The Labute approximate surface area is 195 Å². The average Bonchev–Trinajstić information content (AvgIpc) is 2.76. The molecule has 5 heteroatoms. The van der Waals surface area contributed by atoms with Crippen LogP contribution in [0.1, 0.15) is 70.9 Å². The van der Waals surface area contributed by atoms with Gasteiger partial charge in [0.1, 0.15) is 6.61 Å². The Morgan fingerprint density at radius 3 is 2.65 bits per heavy atom. The summed E-state index contributed by atoms with van der Waals surface area (Å²) in [6.45, 7) is 9.48. The molecule has 0 spiro atoms. The molecule has 31 heavy (non-hydrogen) atoms. The number of aryl methyl sites for hydroxylation is 1. The number of unbranched alkanes of at least 4 members (excludes halogenated alkanes) is 2. The normalized spacial score (nSPS) is 12.7. The second-order valence-corrected chi connectivity index (χ2v) is 8.76. The van der Waals surface area contributed by atoms with Gasteiger partial charge in [-0.05, 0) is 68.1 Å². The first-order chi connectivity index (χ1) is 15.0. The summed E-state index contributed by atoms with van der Waals surface area (Å²) in [5.74, 6) is 0. The second-order valence-electron chi connectivity index (χ2n) is 7.74. The molecule has 4 nitrogen and oxygen atoms in total. The zero-order chi connectivity index (χ0) is 22.6. The molecule has 1 heterocycles. The maximum absolute atomic E-state index is 13.2. The number of halogens is 1. The molecule has 1 unspecified atom stereocenters. The molecule has 0 radical (unpaired) electrons. The van der Waals surface area contributed by atoms with E-state index in [4.69, 9.17) is 9.57 Å². The molecule has 1 aromatic carbocycles. The van der Waals surface area contributed by atoms with Gasteiger partial charge in [-0.1, -0.05) is 60.0 Å². The molecule has 0 N–H and O–H groups in total. The molecule has 2 aromatic rings. The number of rotatable bonds is 13. The number of allylic oxidation sites excluding steroid dienone is 1. The number of ether oxygens (including phenoxy) is 1. The summed E-state index contributed by atoms with van der Waals surface area (Å²) in [6.07, 6.45) is 12.2. The summed E-state index contributed by atoms with van der Waals surface area (Å²) in [7, 11) is 0. The quantitative estimate of drug-likeness (QED) is 0.296. The first-order valence-electron chi connectivity index (χ1n) is 11.4. The Morgan fingerprint density at radius 1 is 1.13 bits per heavy atom. The molecule has 170 valence electrons. The van der Waals surface area contributed by atoms with Gasteiger partial charge in [-0.3, -0.25) is 4.79 Å². The van der Waals surface area contributed by atoms with Crippen molar-refractivity contribution < 1.29 is 9.57 Å². The van der Waals surface area contributed by atoms with Crippen molar-refractivity contribution in [3.63, 3.8) is 0 Å². The number of hydrogen-bond acceptors (Lipinski definition) is 3. The van der Waals surface area contributed by atoms with Crippen LogP contribution >= 0.6 is 15.9 Å². The first kappa shape index (κ1) is 25.4. The maximum Gasteiger partial charge on any atom is 0.196 e. The Kier molecular flexibility index (Phi) is 11.1. The lowest BCUT2D eigenvalue weighted by Gasteiger charge is -2.12. The smallest absolute Gasteiger partial charge is 0.196 e. The fourth-order valence-electron chi connectivity index (χ4n) is 3.58. The molecule has 1 atom stereocenters. The van der Waals surface area contributed by atoms with Crippen LogP contribution in [-0.4, -0.2) is 24.0 Å². The molecule has 2 rings (SSSR count). The van der Waals surface area contributed by atoms with Crippen molar-refractivity contribution >= 4 is 22.0 Å². The van der Waals surface area contributed by atoms with Crippen LogP contribution in [-0.2, 0) is 11.2 Å². The SMILES string of the molecule is CCOC(C)CCCCCc1cccc(-c2cn(OCC)cc(/C=C(/Br)CC)c2=O)c1. The van der Waals surface area contributed by atoms with Crippen molar-refractivity contribution in [1.82, 2.24) is 4.73 Å². The molecule has 0 aliphatic rings. The highest BCUT2D eigenvalue weighted by Gasteiger charge is 2.11. The maximum atomic E-state index is 13.2. The van der Waals surface area contributed by atoms with Crippen molar-refractivity contribution in [2.24, 2.45) is 0 Å². The standard InChI is InChI=1S/C26H36BrNO3/c1-5-24(27)17-23-18-28(31-7-3)19-25(26(23)29)22-15-11-14-21(16-22)13-10-8-9-12-20(4)30-6-2/h11,14-20H,5-10,12-13H2,1-4H3/b24-17+. The largest absolute Gasteiger partial charge is 0.415 e. The zero-order valence-corrected chi connectivity index (χ0v) is 20.9. The lowest BCUT2D eigenvalue weighted by molar-refractivity contribution is 0.0684. The highest BCUT2D eigenvalue weighted by atomic mass is 79.9. The second kappa shape index (κ2) is 13.5. The van der Waals surface area contributed by atoms with Gasteiger partial charge >= 0.3 is 0 Å². The summed E-state index contributed by atoms with van der Waals surface area (Å²) in [6, 6.07) is 8.32. The van der Waals surface area contributed by atoms with Crippen LogP contribution in [0, 0.1) is 0 Å². The number of pyridine rings is 1. The van der Waals surface area contributed by atoms with Gasteiger partial charge in [-0.2, -0.15) is 4.73 Å². The minimum atomic E-state index is 0.0171. The molecular formula is C26H36BrNO3. The third-order valence-electron chi connectivity index (χ3n) is 5.22. The van der Waals surface area contributed by atoms with Crippen molar-refractivity contribution in [2.45, 2.75) is 72.3 Å². The molecule has 0 saturated heterocycles. The summed E-state index contributed by atoms with van der Waals surface area (Å²) in [5, 5.41) is 0. The molecule has 0 amide bonds. The summed E-state index contributed by atoms with van der Waals surface area (Å²) >= 11 is 3.53. The van der Waals surface area contributed by atoms with Crippen LogP contribution < -0.4 is 10.3 Å². The van der Waals surface area contributed by atoms with Gasteiger partial charge in [0, 0.05) is 17.7 Å². The topological polar surface area (TPSA) is 40.5 Å². The van der Waals surface area contributed by atoms with Crippen LogP contribution in [0.3, 0.4) is 0 Å². The number of benzene rings is 1. The van der Waals surface area contributed by atoms with Crippen molar-refractivity contribution in [2.75, 3.05) is 13.2 Å². The van der Waals surface area contributed by atoms with Gasteiger partial charge in [0.05, 0.1) is 18.5 Å². The van der Waals surface area contributed by atoms with Crippen molar-refractivity contribution in [3.8, 4) is 11.1 Å². The third-order valence-corrected chi connectivity index (χ3v) is 6.01. The predicted molar refractivity (Wildman–Crippen MR) is 134 cm³/mol. The lowest BCUT2D eigenvalue weighted by atomic mass is 9.99. The molecular weight excluding hydrogens is 454 g/mol. The van der Waals surface area contributed by atoms with E-state index in [1.807, 2.05) is 39.0 Å². The minimum absolute atomic E-state index is 0.0171. The highest BCUT2D eigenvalue weighted by molar-refractivity contribution is 9.11. The van der Waals surface area contributed by atoms with Gasteiger partial charge in [-0.25, -0.2) is 0 Å². The minimum Gasteiger partial charge on any atom is -0.415 e. The Hall–Kier alpha value is -1.85. The fraction of sp³-hybridized carbons (Fsp3) is 0.500. The van der Waals surface area contributed by atoms with Crippen LogP contribution in [0.4, 0.5) is 0 Å². The van der Waals surface area contributed by atoms with Gasteiger partial charge in [-0.15, -0.1) is 0 Å². The van der Waals surface area contributed by atoms with Crippen LogP contribution in [0.15, 0.2) is 45.9 Å². The molecule has 0 saturated carbocycles. The molecule has 0 fully saturated rings. The third kappa shape index (κ3) is 8.30. The fourth-order valence-corrected chi connectivity index (χ4v) is 3.82. The predicted octanol–water partition coefficient (Wildman–Crippen LogP) is 6.64. The van der Waals surface area contributed by atoms with Crippen molar-refractivity contribution in [1.29, 1.82) is 0 Å². The number of aromatic nitrogens is 1. The summed E-state index contributed by atoms with van der Waals surface area (Å²) in [4.78, 5) is 18.8. The van der Waals surface area contributed by atoms with Gasteiger partial charge in [0.25, 0.3) is 0 Å². The van der Waals surface area contributed by atoms with E-state index >= 15 is 0 Å². The van der Waals surface area contributed by atoms with Crippen molar-refractivity contribution in [3.05, 3.63) is 62.5 Å². The van der Waals surface area contributed by atoms with E-state index in [-0.39, 0.29) is 5.43 Å². The number of hydrogen-bond donors (Lipinski definition) is 0. The van der Waals surface area contributed by atoms with E-state index in [1.54, 1.807) is 17.1 Å². The van der Waals surface area contributed by atoms with E-state index in [1.165, 1.54) is 18.4 Å². The van der Waals surface area contributed by atoms with E-state index in [0.29, 0.717) is 23.8 Å². The Bertz CT molecular complexity index is 904. The summed E-state index contributed by atoms with van der Waals surface area (Å²) < 4.78 is 8.23. The summed E-state index contributed by atoms with van der Waals surface area (Å²) in [5.41, 5.74) is 3.49. The van der Waals surface area contributed by atoms with E-state index in [0.717, 1.165) is 42.3 Å². The molecule has 0 aliphatic heterocycles. The van der Waals surface area contributed by atoms with Crippen LogP contribution in [0.5, 0.6) is 0 Å². The number of nitrogens with zero attached hydrogens (tertiary/aromatic N) is 1. The lowest BCUT2D eigenvalue weighted by Crippen LogP contribution is -2.18. The van der Waals surface area contributed by atoms with Gasteiger partial charge in [0.15, 0.2) is 5.43 Å².